The van der Waals surface area contributed by atoms with Gasteiger partial charge in [0.25, 0.3) is 17.4 Å². The van der Waals surface area contributed by atoms with Crippen molar-refractivity contribution in [3.63, 3.8) is 0 Å². The number of nitro groups is 1. The number of hydrogen-bond acceptors (Lipinski definition) is 6. The third-order valence-electron chi connectivity index (χ3n) is 2.61. The van der Waals surface area contributed by atoms with Gasteiger partial charge in [-0.25, -0.2) is 9.67 Å². The quantitative estimate of drug-likeness (QED) is 0.654. The van der Waals surface area contributed by atoms with Crippen LogP contribution in [0.5, 0.6) is 0 Å². The number of nitrogens with one attached hydrogen (secondary N) is 1. The van der Waals surface area contributed by atoms with Crippen LogP contribution in [0.1, 0.15) is 23.1 Å². The number of amides is 1. The summed E-state index contributed by atoms with van der Waals surface area (Å²) < 4.78 is 1.12. The summed E-state index contributed by atoms with van der Waals surface area (Å²) in [4.78, 5) is 25.9. The van der Waals surface area contributed by atoms with Gasteiger partial charge in [-0.3, -0.25) is 14.9 Å². The SMILES string of the molecule is CCNC(=O)c1ccc(-n2cnc(C#N)n2)c([N+](=O)[O-])c1. The van der Waals surface area contributed by atoms with Crippen molar-refractivity contribution in [2.45, 2.75) is 6.92 Å². The molecule has 0 atom stereocenters. The number of rotatable bonds is 4. The normalized spacial score (nSPS) is 9.90. The molecule has 0 saturated heterocycles. The molecule has 0 saturated carbocycles. The maximum absolute atomic E-state index is 11.7. The molecular weight excluding hydrogens is 276 g/mol. The molecule has 0 unspecified atom stereocenters. The molecule has 0 bridgehead atoms. The smallest absolute Gasteiger partial charge is 0.295 e. The fourth-order valence-corrected chi connectivity index (χ4v) is 1.70. The summed E-state index contributed by atoms with van der Waals surface area (Å²) in [6.45, 7) is 2.17. The Labute approximate surface area is 119 Å². The van der Waals surface area contributed by atoms with Crippen LogP contribution in [-0.2, 0) is 0 Å². The third kappa shape index (κ3) is 2.84. The molecule has 0 radical (unpaired) electrons. The van der Waals surface area contributed by atoms with E-state index >= 15 is 0 Å². The molecule has 0 aliphatic heterocycles. The van der Waals surface area contributed by atoms with E-state index in [0.717, 1.165) is 10.7 Å². The number of aromatic nitrogens is 3. The van der Waals surface area contributed by atoms with Crippen LogP contribution in [0.3, 0.4) is 0 Å². The van der Waals surface area contributed by atoms with Crippen LogP contribution < -0.4 is 5.32 Å². The number of carbonyl (C=O) groups is 1. The first kappa shape index (κ1) is 14.1. The van der Waals surface area contributed by atoms with Crippen molar-refractivity contribution in [2.24, 2.45) is 0 Å². The van der Waals surface area contributed by atoms with Gasteiger partial charge in [0, 0.05) is 18.2 Å². The zero-order chi connectivity index (χ0) is 15.4. The van der Waals surface area contributed by atoms with Crippen molar-refractivity contribution < 1.29 is 9.72 Å². The Hall–Kier alpha value is -3.28. The van der Waals surface area contributed by atoms with Crippen LogP contribution in [0.4, 0.5) is 5.69 Å². The molecule has 0 aliphatic rings. The van der Waals surface area contributed by atoms with Gasteiger partial charge in [-0.05, 0) is 19.1 Å². The predicted octanol–water partition coefficient (Wildman–Crippen LogP) is 0.797. The van der Waals surface area contributed by atoms with Crippen molar-refractivity contribution in [3.8, 4) is 11.8 Å². The molecule has 9 nitrogen and oxygen atoms in total. The molecular formula is C12H10N6O3. The fraction of sp³-hybridized carbons (Fsp3) is 0.167. The Kier molecular flexibility index (Phi) is 3.90. The summed E-state index contributed by atoms with van der Waals surface area (Å²) in [6, 6.07) is 5.73. The summed E-state index contributed by atoms with van der Waals surface area (Å²) in [7, 11) is 0. The second kappa shape index (κ2) is 5.79. The Balaban J connectivity index is 2.50. The maximum atomic E-state index is 11.7. The molecule has 2 aromatic rings. The number of nitriles is 1. The first-order valence-corrected chi connectivity index (χ1v) is 5.95. The van der Waals surface area contributed by atoms with Crippen LogP contribution in [-0.4, -0.2) is 32.1 Å². The lowest BCUT2D eigenvalue weighted by Crippen LogP contribution is -2.22. The van der Waals surface area contributed by atoms with Crippen molar-refractivity contribution in [1.29, 1.82) is 5.26 Å². The molecule has 2 rings (SSSR count). The zero-order valence-electron chi connectivity index (χ0n) is 11.0. The van der Waals surface area contributed by atoms with Crippen molar-refractivity contribution >= 4 is 11.6 Å². The number of carbonyl (C=O) groups excluding carboxylic acids is 1. The van der Waals surface area contributed by atoms with Gasteiger partial charge in [-0.1, -0.05) is 0 Å². The first-order valence-electron chi connectivity index (χ1n) is 5.95. The summed E-state index contributed by atoms with van der Waals surface area (Å²) in [5, 5.41) is 26.2. The van der Waals surface area contributed by atoms with Crippen molar-refractivity contribution in [2.75, 3.05) is 6.54 Å². The van der Waals surface area contributed by atoms with E-state index in [9.17, 15) is 14.9 Å². The van der Waals surface area contributed by atoms with Crippen molar-refractivity contribution in [1.82, 2.24) is 20.1 Å². The van der Waals surface area contributed by atoms with E-state index in [1.807, 2.05) is 0 Å². The molecule has 0 spiro atoms. The van der Waals surface area contributed by atoms with E-state index in [0.29, 0.717) is 6.54 Å². The highest BCUT2D eigenvalue weighted by Gasteiger charge is 2.19. The molecule has 9 heteroatoms. The topological polar surface area (TPSA) is 127 Å². The summed E-state index contributed by atoms with van der Waals surface area (Å²) in [5.74, 6) is -0.499. The standard InChI is InChI=1S/C12H10N6O3/c1-2-14-12(19)8-3-4-9(10(5-8)18(20)21)17-7-15-11(6-13)16-17/h3-5,7H,2H2,1H3,(H,14,19). The minimum Gasteiger partial charge on any atom is -0.352 e. The van der Waals surface area contributed by atoms with Crippen LogP contribution in [0.15, 0.2) is 24.5 Å². The lowest BCUT2D eigenvalue weighted by Gasteiger charge is -2.05. The first-order chi connectivity index (χ1) is 10.1. The highest BCUT2D eigenvalue weighted by molar-refractivity contribution is 5.95. The van der Waals surface area contributed by atoms with Gasteiger partial charge >= 0.3 is 0 Å². The van der Waals surface area contributed by atoms with Gasteiger partial charge in [-0.15, -0.1) is 5.10 Å². The van der Waals surface area contributed by atoms with E-state index in [-0.39, 0.29) is 22.8 Å². The molecule has 1 aromatic heterocycles. The molecule has 1 heterocycles. The summed E-state index contributed by atoms with van der Waals surface area (Å²) in [5.41, 5.74) is 0.00288. The summed E-state index contributed by atoms with van der Waals surface area (Å²) in [6.07, 6.45) is 1.20. The molecule has 0 aliphatic carbocycles. The fourth-order valence-electron chi connectivity index (χ4n) is 1.70. The third-order valence-corrected chi connectivity index (χ3v) is 2.61. The van der Waals surface area contributed by atoms with Gasteiger partial charge in [0.15, 0.2) is 0 Å². The highest BCUT2D eigenvalue weighted by Crippen LogP contribution is 2.23. The van der Waals surface area contributed by atoms with Gasteiger partial charge in [0.2, 0.25) is 0 Å². The van der Waals surface area contributed by atoms with E-state index in [4.69, 9.17) is 5.26 Å². The zero-order valence-corrected chi connectivity index (χ0v) is 11.0. The number of nitro benzene ring substituents is 1. The molecule has 0 fully saturated rings. The Morgan fingerprint density at radius 3 is 2.90 bits per heavy atom. The van der Waals surface area contributed by atoms with Gasteiger partial charge < -0.3 is 5.32 Å². The van der Waals surface area contributed by atoms with E-state index in [2.05, 4.69) is 15.4 Å². The second-order valence-electron chi connectivity index (χ2n) is 3.94. The van der Waals surface area contributed by atoms with Gasteiger partial charge in [-0.2, -0.15) is 5.26 Å². The number of nitrogens with zero attached hydrogens (tertiary/aromatic N) is 5. The van der Waals surface area contributed by atoms with E-state index in [1.165, 1.54) is 18.5 Å². The number of benzene rings is 1. The van der Waals surface area contributed by atoms with Gasteiger partial charge in [0.05, 0.1) is 4.92 Å². The molecule has 1 N–H and O–H groups in total. The molecule has 106 valence electrons. The van der Waals surface area contributed by atoms with Crippen LogP contribution in [0, 0.1) is 21.4 Å². The van der Waals surface area contributed by atoms with Crippen molar-refractivity contribution in [3.05, 3.63) is 46.0 Å². The average molecular weight is 286 g/mol. The minimum atomic E-state index is -0.619. The Morgan fingerprint density at radius 1 is 1.57 bits per heavy atom. The highest BCUT2D eigenvalue weighted by atomic mass is 16.6. The number of hydrogen-bond donors (Lipinski definition) is 1. The van der Waals surface area contributed by atoms with Crippen LogP contribution in [0.2, 0.25) is 0 Å². The predicted molar refractivity (Wildman–Crippen MR) is 70.7 cm³/mol. The Morgan fingerprint density at radius 2 is 2.33 bits per heavy atom. The average Bonchev–Trinajstić information content (AvgIpc) is 2.95. The van der Waals surface area contributed by atoms with Crippen LogP contribution >= 0.6 is 0 Å². The second-order valence-corrected chi connectivity index (χ2v) is 3.94. The molecule has 21 heavy (non-hydrogen) atoms. The van der Waals surface area contributed by atoms with E-state index < -0.39 is 10.8 Å². The van der Waals surface area contributed by atoms with Crippen LogP contribution in [0.25, 0.3) is 5.69 Å². The monoisotopic (exact) mass is 286 g/mol. The van der Waals surface area contributed by atoms with E-state index in [1.54, 1.807) is 13.0 Å². The summed E-state index contributed by atoms with van der Waals surface area (Å²) >= 11 is 0. The minimum absolute atomic E-state index is 0.0999. The largest absolute Gasteiger partial charge is 0.352 e. The Bertz CT molecular complexity index is 746. The lowest BCUT2D eigenvalue weighted by atomic mass is 10.1. The molecule has 1 aromatic carbocycles. The maximum Gasteiger partial charge on any atom is 0.295 e. The van der Waals surface area contributed by atoms with Gasteiger partial charge in [0.1, 0.15) is 18.1 Å². The molecule has 1 amide bonds. The lowest BCUT2D eigenvalue weighted by molar-refractivity contribution is -0.384.